The summed E-state index contributed by atoms with van der Waals surface area (Å²) in [4.78, 5) is 56.1. The molecule has 3 heterocycles. The van der Waals surface area contributed by atoms with Crippen molar-refractivity contribution in [1.29, 1.82) is 0 Å². The highest BCUT2D eigenvalue weighted by molar-refractivity contribution is 6.00. The van der Waals surface area contributed by atoms with Gasteiger partial charge in [-0.25, -0.2) is 15.6 Å². The zero-order valence-electron chi connectivity index (χ0n) is 28.1. The van der Waals surface area contributed by atoms with E-state index in [4.69, 9.17) is 29.5 Å². The largest absolute Gasteiger partial charge is 0.458 e. The number of fused-ring (bicyclic) bond motifs is 1. The molecule has 1 amide bonds. The number of nitrogens with zero attached hydrogens (tertiary/aromatic N) is 2. The van der Waals surface area contributed by atoms with Crippen LogP contribution < -0.4 is 5.84 Å². The van der Waals surface area contributed by atoms with E-state index in [-0.39, 0.29) is 30.8 Å². The summed E-state index contributed by atoms with van der Waals surface area (Å²) in [7, 11) is 5.18. The van der Waals surface area contributed by atoms with Crippen LogP contribution in [0.5, 0.6) is 0 Å². The molecular formula is C31H53N3O10. The molecule has 0 spiro atoms. The van der Waals surface area contributed by atoms with Crippen LogP contribution in [0.15, 0.2) is 0 Å². The molecule has 44 heavy (non-hydrogen) atoms. The number of carbonyl (C=O) groups is 4. The quantitative estimate of drug-likeness (QED) is 0.197. The number of esters is 1. The van der Waals surface area contributed by atoms with E-state index in [1.807, 2.05) is 25.9 Å². The summed E-state index contributed by atoms with van der Waals surface area (Å²) in [6.45, 7) is 13.5. The van der Waals surface area contributed by atoms with Crippen molar-refractivity contribution in [3.05, 3.63) is 0 Å². The van der Waals surface area contributed by atoms with Gasteiger partial charge in [0, 0.05) is 30.9 Å². The third-order valence-corrected chi connectivity index (χ3v) is 10.1. The monoisotopic (exact) mass is 627 g/mol. The summed E-state index contributed by atoms with van der Waals surface area (Å²) in [6, 6.07) is -1.22. The van der Waals surface area contributed by atoms with Crippen LogP contribution in [0.4, 0.5) is 4.79 Å². The van der Waals surface area contributed by atoms with Crippen molar-refractivity contribution in [2.75, 3.05) is 21.2 Å². The smallest absolute Gasteiger partial charge is 0.425 e. The fraction of sp³-hybridized carbons (Fsp3) is 0.871. The lowest BCUT2D eigenvalue weighted by Crippen LogP contribution is -2.60. The number of nitrogens with two attached hydrogens (primary N) is 1. The van der Waals surface area contributed by atoms with E-state index >= 15 is 0 Å². The first-order valence-corrected chi connectivity index (χ1v) is 15.6. The van der Waals surface area contributed by atoms with E-state index < -0.39 is 83.4 Å². The Labute approximate surface area is 261 Å². The molecule has 0 radical (unpaired) electrons. The van der Waals surface area contributed by atoms with Crippen molar-refractivity contribution in [2.24, 2.45) is 29.5 Å². The highest BCUT2D eigenvalue weighted by Crippen LogP contribution is 2.42. The second kappa shape index (κ2) is 13.7. The van der Waals surface area contributed by atoms with Gasteiger partial charge in [0.25, 0.3) is 0 Å². The second-order valence-corrected chi connectivity index (χ2v) is 13.6. The maximum absolute atomic E-state index is 14.0. The summed E-state index contributed by atoms with van der Waals surface area (Å²) in [5.41, 5.74) is -2.71. The van der Waals surface area contributed by atoms with E-state index in [0.717, 1.165) is 5.01 Å². The Bertz CT molecular complexity index is 1090. The van der Waals surface area contributed by atoms with Gasteiger partial charge in [-0.05, 0) is 61.1 Å². The number of cyclic esters (lactones) is 1. The van der Waals surface area contributed by atoms with Crippen LogP contribution in [0.25, 0.3) is 0 Å². The fourth-order valence-electron chi connectivity index (χ4n) is 7.41. The normalized spacial score (nSPS) is 44.7. The number of hydrazine groups is 1. The van der Waals surface area contributed by atoms with E-state index in [1.165, 1.54) is 14.0 Å². The molecule has 3 fully saturated rings. The molecule has 3 aliphatic rings. The minimum atomic E-state index is -1.45. The lowest BCUT2D eigenvalue weighted by Gasteiger charge is -2.47. The van der Waals surface area contributed by atoms with E-state index in [1.54, 1.807) is 41.5 Å². The Hall–Kier alpha value is -2.16. The topological polar surface area (TPSA) is 167 Å². The molecule has 0 unspecified atom stereocenters. The number of likely N-dealkylation sites (N-methyl/N-ethyl adjacent to an activating group) is 1. The van der Waals surface area contributed by atoms with Crippen LogP contribution in [-0.2, 0) is 38.1 Å². The molecule has 3 N–H and O–H groups in total. The number of amides is 1. The molecule has 13 heteroatoms. The molecule has 0 aliphatic carbocycles. The van der Waals surface area contributed by atoms with Crippen molar-refractivity contribution in [3.8, 4) is 0 Å². The van der Waals surface area contributed by atoms with Gasteiger partial charge in [0.15, 0.2) is 17.7 Å². The number of aliphatic hydroxyl groups excluding tert-OH is 1. The summed E-state index contributed by atoms with van der Waals surface area (Å²) in [6.07, 6.45) is -4.33. The minimum Gasteiger partial charge on any atom is -0.458 e. The second-order valence-electron chi connectivity index (χ2n) is 13.6. The van der Waals surface area contributed by atoms with Gasteiger partial charge in [0.2, 0.25) is 0 Å². The van der Waals surface area contributed by atoms with Crippen LogP contribution in [0, 0.1) is 23.7 Å². The number of Topliss-reactive ketones (excluding diaryl/α,β-unsaturated/α-hetero) is 2. The Morgan fingerprint density at radius 2 is 1.66 bits per heavy atom. The van der Waals surface area contributed by atoms with Crippen LogP contribution in [0.1, 0.15) is 74.7 Å². The number of hydrogen-bond donors (Lipinski definition) is 2. The predicted octanol–water partition coefficient (Wildman–Crippen LogP) is 2.06. The Morgan fingerprint density at radius 1 is 1.05 bits per heavy atom. The molecule has 3 rings (SSSR count). The number of rotatable bonds is 5. The number of carbonyl (C=O) groups excluding carboxylic acids is 4. The lowest BCUT2D eigenvalue weighted by molar-refractivity contribution is -0.295. The molecule has 252 valence electrons. The highest BCUT2D eigenvalue weighted by atomic mass is 16.7. The lowest BCUT2D eigenvalue weighted by atomic mass is 9.73. The number of hydrogen-bond acceptors (Lipinski definition) is 12. The predicted molar refractivity (Wildman–Crippen MR) is 159 cm³/mol. The number of ketones is 2. The van der Waals surface area contributed by atoms with Crippen molar-refractivity contribution >= 4 is 23.6 Å². The van der Waals surface area contributed by atoms with E-state index in [0.29, 0.717) is 6.42 Å². The van der Waals surface area contributed by atoms with Gasteiger partial charge in [-0.2, -0.15) is 0 Å². The maximum atomic E-state index is 14.0. The highest BCUT2D eigenvalue weighted by Gasteiger charge is 2.60. The molecule has 0 aromatic heterocycles. The third kappa shape index (κ3) is 6.68. The average molecular weight is 628 g/mol. The van der Waals surface area contributed by atoms with Gasteiger partial charge in [-0.3, -0.25) is 14.4 Å². The summed E-state index contributed by atoms with van der Waals surface area (Å²) in [5, 5.41) is 12.1. The Morgan fingerprint density at radius 3 is 2.20 bits per heavy atom. The molecule has 13 nitrogen and oxygen atoms in total. The van der Waals surface area contributed by atoms with E-state index in [9.17, 15) is 24.3 Å². The van der Waals surface area contributed by atoms with E-state index in [2.05, 4.69) is 0 Å². The molecule has 0 aromatic carbocycles. The van der Waals surface area contributed by atoms with Crippen LogP contribution in [-0.4, -0.2) is 114 Å². The van der Waals surface area contributed by atoms with Gasteiger partial charge in [-0.1, -0.05) is 27.7 Å². The van der Waals surface area contributed by atoms with Crippen molar-refractivity contribution < 1.29 is 48.0 Å². The van der Waals surface area contributed by atoms with Crippen molar-refractivity contribution in [1.82, 2.24) is 9.91 Å². The molecule has 13 atom stereocenters. The summed E-state index contributed by atoms with van der Waals surface area (Å²) < 4.78 is 30.1. The molecule has 3 aliphatic heterocycles. The SMILES string of the molecule is CC[C@@H]1OC(=O)[C@H](C)C(=O)[C@H](C)[C@@H](O[C@@H]2O[C@H](C)C[C@H](N(C)C)[C@H]2O)[C@](C)(OC)C[C@@H](C)C(=O)[C@H](C)[C@H]2N(N)C(=O)O[C@]12C. The average Bonchev–Trinajstić information content (AvgIpc) is 3.20. The van der Waals surface area contributed by atoms with Crippen molar-refractivity contribution in [3.63, 3.8) is 0 Å². The number of methoxy groups -OCH3 is 1. The summed E-state index contributed by atoms with van der Waals surface area (Å²) in [5.74, 6) is 1.03. The number of aliphatic hydroxyl groups is 1. The van der Waals surface area contributed by atoms with Crippen LogP contribution in [0.2, 0.25) is 0 Å². The first-order valence-electron chi connectivity index (χ1n) is 15.6. The Balaban J connectivity index is 2.11. The zero-order valence-corrected chi connectivity index (χ0v) is 28.1. The number of ether oxygens (including phenoxy) is 5. The van der Waals surface area contributed by atoms with Crippen LogP contribution >= 0.6 is 0 Å². The first kappa shape index (κ1) is 36.3. The molecule has 0 aromatic rings. The maximum Gasteiger partial charge on any atom is 0.425 e. The molecule has 0 saturated carbocycles. The standard InChI is InChI=1S/C31H53N3O10/c1-12-21-31(8)25(34(32)29(39)44-31)17(4)22(35)15(2)14-30(7,40-11)26(18(5)23(36)19(6)27(38)42-21)43-28-24(37)20(33(9)10)13-16(3)41-28/h15-21,24-26,28,37H,12-14,32H2,1-11H3/t15-,16-,17+,18+,19-,20+,21+,24-,25-,26-,28+,30-,31-/m1/s1. The van der Waals surface area contributed by atoms with Crippen molar-refractivity contribution in [2.45, 2.75) is 129 Å². The molecule has 0 bridgehead atoms. The van der Waals surface area contributed by atoms with Gasteiger partial charge in [0.05, 0.1) is 17.8 Å². The third-order valence-electron chi connectivity index (χ3n) is 10.1. The Kier molecular flexibility index (Phi) is 11.3. The molecule has 3 saturated heterocycles. The first-order chi connectivity index (χ1) is 20.3. The van der Waals surface area contributed by atoms with Gasteiger partial charge >= 0.3 is 12.1 Å². The van der Waals surface area contributed by atoms with Gasteiger partial charge in [-0.15, -0.1) is 0 Å². The minimum absolute atomic E-state index is 0.114. The zero-order chi connectivity index (χ0) is 33.5. The summed E-state index contributed by atoms with van der Waals surface area (Å²) >= 11 is 0. The fourth-order valence-corrected chi connectivity index (χ4v) is 7.41. The van der Waals surface area contributed by atoms with Gasteiger partial charge < -0.3 is 33.7 Å². The van der Waals surface area contributed by atoms with Gasteiger partial charge in [0.1, 0.15) is 30.0 Å². The van der Waals surface area contributed by atoms with Crippen LogP contribution in [0.3, 0.4) is 0 Å². The molecular weight excluding hydrogens is 574 g/mol.